The topological polar surface area (TPSA) is 14.2 Å². The van der Waals surface area contributed by atoms with Gasteiger partial charge in [0.2, 0.25) is 0 Å². The number of hydrogen-bond acceptors (Lipinski definition) is 1. The summed E-state index contributed by atoms with van der Waals surface area (Å²) < 4.78 is 59.4. The van der Waals surface area contributed by atoms with E-state index in [1.54, 1.807) is 6.07 Å². The average molecular weight is 542 g/mol. The van der Waals surface area contributed by atoms with E-state index in [9.17, 15) is 0 Å². The normalized spacial score (nSPS) is 14.0. The molecule has 0 radical (unpaired) electrons. The summed E-state index contributed by atoms with van der Waals surface area (Å²) in [5.74, 6) is 0.458. The Morgan fingerprint density at radius 2 is 1.17 bits per heavy atom. The highest BCUT2D eigenvalue weighted by molar-refractivity contribution is 6.10. The Balaban J connectivity index is 1.14. The standard InChI is InChI=1S/C40H25NO/c1-2-10-31(11-3-1)41-36-14-5-4-12-32(36)34-24-29(20-22-37(34)41)26-16-18-27(19-17-26)30-21-23-38-35(25-30)33-13-6-8-28-9-7-15-39(42-38)40(28)33/h1-25H/i6D,7D,8D,9D,13D,15D. The largest absolute Gasteiger partial charge is 0.456 e. The number of nitrogens with zero attached hydrogens (tertiary/aromatic N) is 1. The van der Waals surface area contributed by atoms with Crippen molar-refractivity contribution in [2.75, 3.05) is 0 Å². The minimum atomic E-state index is -0.365. The molecule has 1 aromatic heterocycles. The van der Waals surface area contributed by atoms with Gasteiger partial charge in [0.15, 0.2) is 0 Å². The minimum Gasteiger partial charge on any atom is -0.456 e. The molecule has 8 aromatic rings. The highest BCUT2D eigenvalue weighted by atomic mass is 16.5. The summed E-state index contributed by atoms with van der Waals surface area (Å²) >= 11 is 0. The minimum absolute atomic E-state index is 0.0523. The molecule has 0 unspecified atom stereocenters. The van der Waals surface area contributed by atoms with Gasteiger partial charge in [-0.3, -0.25) is 0 Å². The molecule has 9 rings (SSSR count). The van der Waals surface area contributed by atoms with Crippen molar-refractivity contribution in [3.8, 4) is 50.6 Å². The highest BCUT2D eigenvalue weighted by Gasteiger charge is 2.20. The summed E-state index contributed by atoms with van der Waals surface area (Å²) in [4.78, 5) is 0. The molecule has 0 fully saturated rings. The summed E-state index contributed by atoms with van der Waals surface area (Å²) in [6.07, 6.45) is 0. The van der Waals surface area contributed by atoms with Crippen LogP contribution in [0.25, 0.3) is 71.6 Å². The molecule has 0 aliphatic carbocycles. The molecule has 2 heteroatoms. The van der Waals surface area contributed by atoms with E-state index >= 15 is 0 Å². The fourth-order valence-electron chi connectivity index (χ4n) is 6.19. The fourth-order valence-corrected chi connectivity index (χ4v) is 6.19. The molecule has 0 N–H and O–H groups in total. The number of aromatic nitrogens is 1. The quantitative estimate of drug-likeness (QED) is 0.217. The molecule has 196 valence electrons. The number of para-hydroxylation sites is 2. The Morgan fingerprint density at radius 3 is 2.00 bits per heavy atom. The molecule has 0 bridgehead atoms. The van der Waals surface area contributed by atoms with Crippen LogP contribution < -0.4 is 4.74 Å². The zero-order chi connectivity index (χ0) is 32.8. The smallest absolute Gasteiger partial charge is 0.135 e. The van der Waals surface area contributed by atoms with Gasteiger partial charge < -0.3 is 9.30 Å². The van der Waals surface area contributed by atoms with Crippen molar-refractivity contribution in [2.24, 2.45) is 0 Å². The van der Waals surface area contributed by atoms with Gasteiger partial charge in [-0.1, -0.05) is 103 Å². The average Bonchev–Trinajstić information content (AvgIpc) is 3.46. The second-order valence-electron chi connectivity index (χ2n) is 10.5. The van der Waals surface area contributed by atoms with Crippen molar-refractivity contribution >= 4 is 32.6 Å². The van der Waals surface area contributed by atoms with E-state index in [4.69, 9.17) is 13.0 Å². The van der Waals surface area contributed by atoms with Crippen LogP contribution in [-0.2, 0) is 0 Å². The van der Waals surface area contributed by atoms with Gasteiger partial charge in [0.1, 0.15) is 11.5 Å². The van der Waals surface area contributed by atoms with Crippen LogP contribution in [0.3, 0.4) is 0 Å². The Bertz CT molecular complexity index is 2640. The van der Waals surface area contributed by atoms with Crippen LogP contribution in [-0.4, -0.2) is 4.57 Å². The Labute approximate surface area is 252 Å². The van der Waals surface area contributed by atoms with Gasteiger partial charge in [-0.15, -0.1) is 0 Å². The van der Waals surface area contributed by atoms with Crippen molar-refractivity contribution in [1.29, 1.82) is 0 Å². The van der Waals surface area contributed by atoms with Crippen molar-refractivity contribution in [2.45, 2.75) is 0 Å². The third kappa shape index (κ3) is 3.45. The molecule has 0 amide bonds. The molecule has 2 nitrogen and oxygen atoms in total. The van der Waals surface area contributed by atoms with Gasteiger partial charge in [0.05, 0.1) is 19.3 Å². The molecule has 42 heavy (non-hydrogen) atoms. The third-order valence-corrected chi connectivity index (χ3v) is 8.17. The molecule has 1 aliphatic heterocycles. The SMILES string of the molecule is [2H]c1c([2H])c2c3c(c([2H])c([2H])c([2H])c3c1[2H])-c1cc(-c3ccc(-c4ccc5c(c4)c4ccccc4n5-c4ccccc4)cc3)ccc1O2. The third-order valence-electron chi connectivity index (χ3n) is 8.17. The number of benzene rings is 7. The predicted octanol–water partition coefficient (Wildman–Crippen LogP) is 11.0. The molecule has 0 saturated heterocycles. The second-order valence-corrected chi connectivity index (χ2v) is 10.5. The lowest BCUT2D eigenvalue weighted by Gasteiger charge is -2.22. The Morgan fingerprint density at radius 1 is 0.500 bits per heavy atom. The maximum absolute atomic E-state index is 8.80. The Hall–Kier alpha value is -5.60. The van der Waals surface area contributed by atoms with E-state index in [0.717, 1.165) is 39.0 Å². The van der Waals surface area contributed by atoms with Crippen LogP contribution in [0.15, 0.2) is 152 Å². The summed E-state index contributed by atoms with van der Waals surface area (Å²) in [5.41, 5.74) is 8.33. The first-order valence-electron chi connectivity index (χ1n) is 16.9. The van der Waals surface area contributed by atoms with Crippen molar-refractivity contribution in [1.82, 2.24) is 4.57 Å². The van der Waals surface area contributed by atoms with Crippen molar-refractivity contribution in [3.63, 3.8) is 0 Å². The molecule has 1 aliphatic rings. The van der Waals surface area contributed by atoms with Crippen LogP contribution in [0.2, 0.25) is 0 Å². The Kier molecular flexibility index (Phi) is 3.83. The van der Waals surface area contributed by atoms with Crippen LogP contribution in [0, 0.1) is 0 Å². The van der Waals surface area contributed by atoms with Gasteiger partial charge in [-0.25, -0.2) is 0 Å². The van der Waals surface area contributed by atoms with E-state index in [2.05, 4.69) is 95.6 Å². The lowest BCUT2D eigenvalue weighted by atomic mass is 9.92. The van der Waals surface area contributed by atoms with E-state index in [0.29, 0.717) is 16.9 Å². The maximum atomic E-state index is 8.80. The van der Waals surface area contributed by atoms with Crippen molar-refractivity contribution < 1.29 is 13.0 Å². The lowest BCUT2D eigenvalue weighted by Crippen LogP contribution is -1.97. The first-order chi connectivity index (χ1) is 23.3. The molecule has 7 aromatic carbocycles. The molecule has 0 saturated carbocycles. The number of fused-ring (bicyclic) bond motifs is 5. The molecular weight excluding hydrogens is 510 g/mol. The number of hydrogen-bond donors (Lipinski definition) is 0. The maximum Gasteiger partial charge on any atom is 0.135 e. The predicted molar refractivity (Wildman–Crippen MR) is 175 cm³/mol. The summed E-state index contributed by atoms with van der Waals surface area (Å²) in [6.45, 7) is 0. The first-order valence-corrected chi connectivity index (χ1v) is 13.9. The number of ether oxygens (including phenoxy) is 1. The number of rotatable bonds is 3. The molecular formula is C40H25NO. The summed E-state index contributed by atoms with van der Waals surface area (Å²) in [7, 11) is 0. The first kappa shape index (κ1) is 18.0. The van der Waals surface area contributed by atoms with Gasteiger partial charge in [0.25, 0.3) is 0 Å². The zero-order valence-electron chi connectivity index (χ0n) is 28.3. The van der Waals surface area contributed by atoms with Gasteiger partial charge in [-0.2, -0.15) is 0 Å². The summed E-state index contributed by atoms with van der Waals surface area (Å²) in [6, 6.07) is 37.6. The van der Waals surface area contributed by atoms with E-state index in [1.165, 1.54) is 10.8 Å². The van der Waals surface area contributed by atoms with Crippen LogP contribution in [0.1, 0.15) is 8.22 Å². The second kappa shape index (κ2) is 8.95. The fraction of sp³-hybridized carbons (Fsp3) is 0. The summed E-state index contributed by atoms with van der Waals surface area (Å²) in [5, 5.41) is 2.71. The molecule has 0 spiro atoms. The van der Waals surface area contributed by atoms with E-state index < -0.39 is 0 Å². The van der Waals surface area contributed by atoms with Gasteiger partial charge >= 0.3 is 0 Å². The van der Waals surface area contributed by atoms with Crippen LogP contribution >= 0.6 is 0 Å². The van der Waals surface area contributed by atoms with Crippen molar-refractivity contribution in [3.05, 3.63) is 152 Å². The van der Waals surface area contributed by atoms with Gasteiger partial charge in [-0.05, 0) is 81.7 Å². The monoisotopic (exact) mass is 541 g/mol. The molecule has 2 heterocycles. The van der Waals surface area contributed by atoms with E-state index in [1.807, 2.05) is 18.2 Å². The lowest BCUT2D eigenvalue weighted by molar-refractivity contribution is 0.487. The van der Waals surface area contributed by atoms with Crippen LogP contribution in [0.4, 0.5) is 0 Å². The highest BCUT2D eigenvalue weighted by Crippen LogP contribution is 2.47. The van der Waals surface area contributed by atoms with Gasteiger partial charge in [0, 0.05) is 27.4 Å². The zero-order valence-corrected chi connectivity index (χ0v) is 22.3. The van der Waals surface area contributed by atoms with E-state index in [-0.39, 0.29) is 52.8 Å². The van der Waals surface area contributed by atoms with Crippen LogP contribution in [0.5, 0.6) is 11.5 Å². The molecule has 0 atom stereocenters.